The molecule has 0 radical (unpaired) electrons. The first-order valence-electron chi connectivity index (χ1n) is 8.63. The van der Waals surface area contributed by atoms with Crippen molar-refractivity contribution in [1.29, 1.82) is 0 Å². The van der Waals surface area contributed by atoms with Crippen molar-refractivity contribution in [1.82, 2.24) is 14.4 Å². The minimum Gasteiger partial charge on any atom is -0.337 e. The average Bonchev–Trinajstić information content (AvgIpc) is 3.32. The van der Waals surface area contributed by atoms with Gasteiger partial charge in [0.1, 0.15) is 11.9 Å². The van der Waals surface area contributed by atoms with Gasteiger partial charge in [0, 0.05) is 12.1 Å². The number of sulfonamides is 1. The first-order valence-corrected chi connectivity index (χ1v) is 10.1. The lowest BCUT2D eigenvalue weighted by atomic mass is 10.1. The minimum atomic E-state index is -3.77. The number of aromatic nitrogens is 2. The quantitative estimate of drug-likeness (QED) is 0.682. The topological polar surface area (TPSA) is 76.3 Å². The van der Waals surface area contributed by atoms with Crippen molar-refractivity contribution in [2.75, 3.05) is 6.54 Å². The summed E-state index contributed by atoms with van der Waals surface area (Å²) in [7, 11) is -3.77. The Balaban J connectivity index is 1.64. The minimum absolute atomic E-state index is 0.0501. The van der Waals surface area contributed by atoms with Gasteiger partial charge in [0.15, 0.2) is 0 Å². The summed E-state index contributed by atoms with van der Waals surface area (Å²) in [5.74, 6) is 0.219. The van der Waals surface area contributed by atoms with Crippen LogP contribution in [0.25, 0.3) is 11.4 Å². The van der Waals surface area contributed by atoms with Crippen molar-refractivity contribution in [2.45, 2.75) is 30.7 Å². The predicted octanol–water partition coefficient (Wildman–Crippen LogP) is 3.71. The zero-order chi connectivity index (χ0) is 19.0. The Hall–Kier alpha value is -2.58. The molecule has 3 aromatic rings. The van der Waals surface area contributed by atoms with E-state index in [1.807, 2.05) is 31.2 Å². The molecule has 1 atom stereocenters. The average molecular weight is 387 g/mol. The summed E-state index contributed by atoms with van der Waals surface area (Å²) in [6.07, 6.45) is 1.28. The third-order valence-electron chi connectivity index (χ3n) is 4.66. The highest BCUT2D eigenvalue weighted by atomic mass is 32.2. The second-order valence-corrected chi connectivity index (χ2v) is 8.44. The summed E-state index contributed by atoms with van der Waals surface area (Å²) in [5, 5.41) is 4.00. The van der Waals surface area contributed by atoms with Crippen LogP contribution in [0.4, 0.5) is 4.39 Å². The van der Waals surface area contributed by atoms with Gasteiger partial charge in [-0.05, 0) is 44.0 Å². The monoisotopic (exact) mass is 387 g/mol. The molecule has 1 fully saturated rings. The highest BCUT2D eigenvalue weighted by Crippen LogP contribution is 2.36. The molecule has 2 heterocycles. The first-order chi connectivity index (χ1) is 12.9. The molecule has 0 saturated carbocycles. The molecule has 0 N–H and O–H groups in total. The number of rotatable bonds is 4. The van der Waals surface area contributed by atoms with Crippen LogP contribution >= 0.6 is 0 Å². The Morgan fingerprint density at radius 3 is 2.52 bits per heavy atom. The fourth-order valence-corrected chi connectivity index (χ4v) is 4.86. The van der Waals surface area contributed by atoms with Crippen molar-refractivity contribution in [3.05, 3.63) is 65.8 Å². The summed E-state index contributed by atoms with van der Waals surface area (Å²) in [4.78, 5) is 4.47. The van der Waals surface area contributed by atoms with Crippen LogP contribution in [0.1, 0.15) is 30.3 Å². The van der Waals surface area contributed by atoms with Crippen molar-refractivity contribution < 1.29 is 17.3 Å². The smallest absolute Gasteiger partial charge is 0.245 e. The molecule has 8 heteroatoms. The number of aryl methyl sites for hydroxylation is 1. The van der Waals surface area contributed by atoms with Gasteiger partial charge in [0.25, 0.3) is 0 Å². The first kappa shape index (κ1) is 17.8. The molecule has 0 amide bonds. The van der Waals surface area contributed by atoms with Crippen LogP contribution in [0, 0.1) is 12.7 Å². The van der Waals surface area contributed by atoms with Crippen LogP contribution < -0.4 is 0 Å². The van der Waals surface area contributed by atoms with Gasteiger partial charge in [-0.2, -0.15) is 9.29 Å². The molecular formula is C19H18FN3O3S. The Bertz CT molecular complexity index is 1050. The van der Waals surface area contributed by atoms with Gasteiger partial charge in [-0.15, -0.1) is 0 Å². The van der Waals surface area contributed by atoms with E-state index in [9.17, 15) is 12.8 Å². The molecule has 1 aliphatic rings. The number of halogens is 1. The van der Waals surface area contributed by atoms with E-state index in [1.165, 1.54) is 16.4 Å². The number of benzene rings is 2. The number of hydrogen-bond donors (Lipinski definition) is 0. The summed E-state index contributed by atoms with van der Waals surface area (Å²) < 4.78 is 45.8. The number of nitrogens with zero attached hydrogens (tertiary/aromatic N) is 3. The summed E-state index contributed by atoms with van der Waals surface area (Å²) in [6.45, 7) is 2.34. The summed E-state index contributed by atoms with van der Waals surface area (Å²) in [5.41, 5.74) is 1.93. The molecule has 0 aliphatic carbocycles. The SMILES string of the molecule is Cc1ccc(-c2noc(C3CCCN3S(=O)(=O)c3ccc(F)cc3)n2)cc1. The van der Waals surface area contributed by atoms with E-state index in [0.29, 0.717) is 25.2 Å². The molecule has 0 bridgehead atoms. The van der Waals surface area contributed by atoms with Gasteiger partial charge in [-0.3, -0.25) is 0 Å². The van der Waals surface area contributed by atoms with Gasteiger partial charge in [-0.25, -0.2) is 12.8 Å². The maximum Gasteiger partial charge on any atom is 0.245 e. The third kappa shape index (κ3) is 3.38. The lowest BCUT2D eigenvalue weighted by molar-refractivity contribution is 0.290. The van der Waals surface area contributed by atoms with E-state index in [4.69, 9.17) is 4.52 Å². The fourth-order valence-electron chi connectivity index (χ4n) is 3.21. The zero-order valence-electron chi connectivity index (χ0n) is 14.7. The van der Waals surface area contributed by atoms with E-state index in [1.54, 1.807) is 0 Å². The molecule has 0 spiro atoms. The maximum absolute atomic E-state index is 13.1. The molecule has 6 nitrogen and oxygen atoms in total. The lowest BCUT2D eigenvalue weighted by Gasteiger charge is -2.21. The highest BCUT2D eigenvalue weighted by Gasteiger charge is 2.39. The largest absolute Gasteiger partial charge is 0.337 e. The van der Waals surface area contributed by atoms with Crippen molar-refractivity contribution in [3.63, 3.8) is 0 Å². The van der Waals surface area contributed by atoms with Gasteiger partial charge in [0.2, 0.25) is 21.7 Å². The zero-order valence-corrected chi connectivity index (χ0v) is 15.5. The van der Waals surface area contributed by atoms with Gasteiger partial charge >= 0.3 is 0 Å². The van der Waals surface area contributed by atoms with E-state index in [0.717, 1.165) is 23.3 Å². The summed E-state index contributed by atoms with van der Waals surface area (Å²) >= 11 is 0. The molecule has 1 saturated heterocycles. The van der Waals surface area contributed by atoms with Crippen LogP contribution in [-0.4, -0.2) is 29.4 Å². The van der Waals surface area contributed by atoms with E-state index in [2.05, 4.69) is 10.1 Å². The van der Waals surface area contributed by atoms with Crippen LogP contribution in [-0.2, 0) is 10.0 Å². The second-order valence-electron chi connectivity index (χ2n) is 6.55. The van der Waals surface area contributed by atoms with E-state index in [-0.39, 0.29) is 10.8 Å². The Labute approximate surface area is 156 Å². The van der Waals surface area contributed by atoms with E-state index >= 15 is 0 Å². The normalized spacial score (nSPS) is 18.1. The maximum atomic E-state index is 13.1. The van der Waals surface area contributed by atoms with E-state index < -0.39 is 21.9 Å². The standard InChI is InChI=1S/C19H18FN3O3S/c1-13-4-6-14(7-5-13)18-21-19(26-22-18)17-3-2-12-23(17)27(24,25)16-10-8-15(20)9-11-16/h4-11,17H,2-3,12H2,1H3. The molecule has 2 aromatic carbocycles. The lowest BCUT2D eigenvalue weighted by Crippen LogP contribution is -2.30. The third-order valence-corrected chi connectivity index (χ3v) is 6.58. The van der Waals surface area contributed by atoms with Gasteiger partial charge in [-0.1, -0.05) is 35.0 Å². The van der Waals surface area contributed by atoms with Crippen LogP contribution in [0.5, 0.6) is 0 Å². The summed E-state index contributed by atoms with van der Waals surface area (Å²) in [6, 6.07) is 12.0. The van der Waals surface area contributed by atoms with Crippen LogP contribution in [0.15, 0.2) is 57.9 Å². The second kappa shape index (κ2) is 6.86. The van der Waals surface area contributed by atoms with Gasteiger partial charge < -0.3 is 4.52 Å². The molecule has 1 unspecified atom stereocenters. The van der Waals surface area contributed by atoms with Crippen LogP contribution in [0.2, 0.25) is 0 Å². The Morgan fingerprint density at radius 1 is 1.11 bits per heavy atom. The molecule has 27 heavy (non-hydrogen) atoms. The van der Waals surface area contributed by atoms with Gasteiger partial charge in [0.05, 0.1) is 4.90 Å². The predicted molar refractivity (Wildman–Crippen MR) is 96.7 cm³/mol. The molecule has 4 rings (SSSR count). The number of hydrogen-bond acceptors (Lipinski definition) is 5. The van der Waals surface area contributed by atoms with Crippen molar-refractivity contribution in [3.8, 4) is 11.4 Å². The molecule has 1 aliphatic heterocycles. The van der Waals surface area contributed by atoms with Crippen molar-refractivity contribution in [2.24, 2.45) is 0 Å². The fraction of sp³-hybridized carbons (Fsp3) is 0.263. The highest BCUT2D eigenvalue weighted by molar-refractivity contribution is 7.89. The Morgan fingerprint density at radius 2 is 1.81 bits per heavy atom. The van der Waals surface area contributed by atoms with Crippen molar-refractivity contribution >= 4 is 10.0 Å². The molecule has 1 aromatic heterocycles. The molecule has 140 valence electrons. The molecular weight excluding hydrogens is 369 g/mol. The van der Waals surface area contributed by atoms with Crippen LogP contribution in [0.3, 0.4) is 0 Å². The Kier molecular flexibility index (Phi) is 4.53.